The Bertz CT molecular complexity index is 1900. The highest BCUT2D eigenvalue weighted by atomic mass is 16.7. The molecule has 8 N–H and O–H groups in total. The Balaban J connectivity index is 1.95. The maximum Gasteiger partial charge on any atom is 0.312 e. The monoisotopic (exact) mass is 739 g/mol. The number of aliphatic hydroxyl groups excluding tert-OH is 2. The first-order valence-electron chi connectivity index (χ1n) is 17.1. The summed E-state index contributed by atoms with van der Waals surface area (Å²) >= 11 is 0. The number of phenols is 3. The molecule has 0 aliphatic carbocycles. The van der Waals surface area contributed by atoms with Gasteiger partial charge in [0.15, 0.2) is 5.75 Å². The number of methoxy groups -OCH3 is 1. The Hall–Kier alpha value is -5.12. The maximum absolute atomic E-state index is 14.1. The quantitative estimate of drug-likeness (QED) is 0.0588. The molecule has 0 unspecified atom stereocenters. The normalized spacial score (nSPS) is 32.2. The molecule has 1 amide bonds. The molecule has 288 valence electrons. The fraction of sp³-hybridized carbons (Fsp3) is 0.474. The molecule has 0 radical (unpaired) electrons. The predicted octanol–water partition coefficient (Wildman–Crippen LogP) is 4.05. The number of hydrogen-bond donors (Lipinski definition) is 7. The number of benzene rings is 2. The lowest BCUT2D eigenvalue weighted by atomic mass is 9.78. The van der Waals surface area contributed by atoms with Gasteiger partial charge in [-0.1, -0.05) is 45.9 Å². The molecule has 3 aliphatic heterocycles. The van der Waals surface area contributed by atoms with Gasteiger partial charge < -0.3 is 55.6 Å². The number of esters is 1. The summed E-state index contributed by atoms with van der Waals surface area (Å²) < 4.78 is 23.3. The molecule has 5 bridgehead atoms. The van der Waals surface area contributed by atoms with Gasteiger partial charge in [-0.25, -0.2) is 0 Å². The zero-order chi connectivity index (χ0) is 39.7. The Morgan fingerprint density at radius 3 is 2.25 bits per heavy atom. The number of hydrogen-bond acceptors (Lipinski definition) is 14. The molecule has 0 saturated heterocycles. The molecule has 15 nitrogen and oxygen atoms in total. The van der Waals surface area contributed by atoms with Gasteiger partial charge in [0.05, 0.1) is 53.0 Å². The van der Waals surface area contributed by atoms with Crippen molar-refractivity contribution < 1.29 is 58.9 Å². The van der Waals surface area contributed by atoms with E-state index in [-0.39, 0.29) is 44.5 Å². The van der Waals surface area contributed by atoms with Gasteiger partial charge in [-0.3, -0.25) is 14.4 Å². The second-order valence-corrected chi connectivity index (χ2v) is 13.9. The molecular formula is C38H49N3O12. The fourth-order valence-electron chi connectivity index (χ4n) is 6.95. The Kier molecular flexibility index (Phi) is 12.2. The smallest absolute Gasteiger partial charge is 0.312 e. The largest absolute Gasteiger partial charge is 0.507 e. The van der Waals surface area contributed by atoms with Gasteiger partial charge in [-0.05, 0) is 19.9 Å². The number of nitrogens with one attached hydrogen (secondary N) is 1. The number of carbonyl (C=O) groups excluding carboxylic acids is 3. The molecule has 0 saturated carbocycles. The van der Waals surface area contributed by atoms with Crippen LogP contribution in [0, 0.1) is 30.6 Å². The summed E-state index contributed by atoms with van der Waals surface area (Å²) in [7, 11) is 1.42. The average molecular weight is 740 g/mol. The van der Waals surface area contributed by atoms with Gasteiger partial charge >= 0.3 is 11.8 Å². The van der Waals surface area contributed by atoms with Crippen LogP contribution in [0.25, 0.3) is 10.8 Å². The summed E-state index contributed by atoms with van der Waals surface area (Å²) in [6.45, 7) is 12.3. The van der Waals surface area contributed by atoms with Crippen LogP contribution in [0.4, 0.5) is 5.69 Å². The molecule has 3 heterocycles. The van der Waals surface area contributed by atoms with Crippen molar-refractivity contribution in [3.05, 3.63) is 52.8 Å². The second kappa shape index (κ2) is 15.9. The number of aliphatic hydroxyl groups is 2. The number of allylic oxidation sites excluding steroid dienone is 2. The molecule has 53 heavy (non-hydrogen) atoms. The number of Topliss-reactive ketones (excluding diaryl/α,β-unsaturated/α-hetero) is 1. The first-order chi connectivity index (χ1) is 24.8. The highest BCUT2D eigenvalue weighted by molar-refractivity contribution is 6.23. The van der Waals surface area contributed by atoms with Crippen LogP contribution in [0.2, 0.25) is 0 Å². The fourth-order valence-corrected chi connectivity index (χ4v) is 6.95. The van der Waals surface area contributed by atoms with Gasteiger partial charge in [0.1, 0.15) is 23.4 Å². The number of rotatable bonds is 3. The zero-order valence-corrected chi connectivity index (χ0v) is 31.2. The van der Waals surface area contributed by atoms with Crippen LogP contribution in [0.3, 0.4) is 0 Å². The van der Waals surface area contributed by atoms with Crippen LogP contribution >= 0.6 is 0 Å². The summed E-state index contributed by atoms with van der Waals surface area (Å²) in [5.41, 5.74) is -0.677. The number of carbonyl (C=O) groups is 3. The van der Waals surface area contributed by atoms with Crippen LogP contribution in [0.15, 0.2) is 41.2 Å². The van der Waals surface area contributed by atoms with Crippen LogP contribution in [0.5, 0.6) is 23.0 Å². The number of aromatic hydroxyl groups is 3. The SMILES string of the molecule is CO[C@H]1/C=C/O[C@@]2(C)Oc3c(C)c(O)c4c(O)c(c(/C=N/N)c(O)c4c3C2=O)NC(=O)/C(C)=C\C=C\[C@H](C)[C@H](O)[C@@H](C)[C@@H](O)[C@@H](C)[C@H](OC(C)=O)[C@@H]1C. The Morgan fingerprint density at radius 1 is 0.981 bits per heavy atom. The zero-order valence-electron chi connectivity index (χ0n) is 31.2. The van der Waals surface area contributed by atoms with Crippen molar-refractivity contribution in [1.82, 2.24) is 0 Å². The van der Waals surface area contributed by atoms with Crippen LogP contribution in [-0.2, 0) is 23.8 Å². The molecule has 2 aromatic carbocycles. The van der Waals surface area contributed by atoms with Crippen molar-refractivity contribution in [1.29, 1.82) is 0 Å². The minimum atomic E-state index is -2.05. The van der Waals surface area contributed by atoms with E-state index in [1.54, 1.807) is 39.8 Å². The molecule has 5 rings (SSSR count). The van der Waals surface area contributed by atoms with Crippen LogP contribution < -0.4 is 15.9 Å². The van der Waals surface area contributed by atoms with E-state index in [9.17, 15) is 39.9 Å². The minimum Gasteiger partial charge on any atom is -0.507 e. The highest BCUT2D eigenvalue weighted by Gasteiger charge is 2.50. The Morgan fingerprint density at radius 2 is 1.64 bits per heavy atom. The predicted molar refractivity (Wildman–Crippen MR) is 196 cm³/mol. The lowest BCUT2D eigenvalue weighted by Crippen LogP contribution is -2.46. The van der Waals surface area contributed by atoms with E-state index in [2.05, 4.69) is 10.4 Å². The van der Waals surface area contributed by atoms with Crippen molar-refractivity contribution in [2.24, 2.45) is 34.6 Å². The molecule has 0 spiro atoms. The van der Waals surface area contributed by atoms with Gasteiger partial charge in [0, 0.05) is 61.2 Å². The number of fused-ring (bicyclic) bond motifs is 14. The molecule has 15 heteroatoms. The molecule has 2 aromatic rings. The summed E-state index contributed by atoms with van der Waals surface area (Å²) in [6, 6.07) is 0. The van der Waals surface area contributed by atoms with E-state index in [0.29, 0.717) is 0 Å². The van der Waals surface area contributed by atoms with Crippen molar-refractivity contribution in [2.45, 2.75) is 85.6 Å². The summed E-state index contributed by atoms with van der Waals surface area (Å²) in [5.74, 6) is -3.22. The van der Waals surface area contributed by atoms with E-state index in [1.165, 1.54) is 53.2 Å². The third-order valence-electron chi connectivity index (χ3n) is 10.2. The van der Waals surface area contributed by atoms with Crippen molar-refractivity contribution in [3.63, 3.8) is 0 Å². The number of nitrogens with two attached hydrogens (primary N) is 1. The second-order valence-electron chi connectivity index (χ2n) is 13.9. The number of amides is 1. The van der Waals surface area contributed by atoms with Gasteiger partial charge in [0.25, 0.3) is 11.7 Å². The summed E-state index contributed by atoms with van der Waals surface area (Å²) in [4.78, 5) is 39.8. The lowest BCUT2D eigenvalue weighted by Gasteiger charge is -2.38. The molecule has 0 aromatic heterocycles. The Labute approximate surface area is 307 Å². The molecular weight excluding hydrogens is 690 g/mol. The molecule has 9 atom stereocenters. The third kappa shape index (κ3) is 7.54. The van der Waals surface area contributed by atoms with E-state index in [0.717, 1.165) is 6.21 Å². The first-order valence-corrected chi connectivity index (χ1v) is 17.1. The van der Waals surface area contributed by atoms with E-state index in [1.807, 2.05) is 0 Å². The number of nitrogens with zero attached hydrogens (tertiary/aromatic N) is 1. The van der Waals surface area contributed by atoms with E-state index >= 15 is 0 Å². The number of ketones is 1. The van der Waals surface area contributed by atoms with Gasteiger partial charge in [-0.2, -0.15) is 5.10 Å². The van der Waals surface area contributed by atoms with Crippen LogP contribution in [-0.4, -0.2) is 86.7 Å². The highest BCUT2D eigenvalue weighted by Crippen LogP contribution is 2.55. The molecule has 3 aliphatic rings. The van der Waals surface area contributed by atoms with Gasteiger partial charge in [0.2, 0.25) is 0 Å². The standard InChI is InChI=1S/C38H49N3O12/c1-16-11-10-12-17(2)37(49)41-28-23(15-40-39)32(46)25-26(33(28)47)31(45)21(6)35-27(25)36(48)38(8,53-35)51-14-13-24(50-9)18(3)34(52-22(7)42)20(5)30(44)19(4)29(16)43/h10-16,18-20,24,29-30,34,43-47H,39H2,1-9H3,(H,41,49)/b11-10+,14-13+,17-12-,40-15+/t16-,18+,19+,20+,24-,29-,30+,34+,38-/m0/s1. The number of anilines is 1. The number of phenolic OH excluding ortho intramolecular Hbond substituents is 3. The topological polar surface area (TPSA) is 240 Å². The summed E-state index contributed by atoms with van der Waals surface area (Å²) in [5, 5.41) is 62.5. The van der Waals surface area contributed by atoms with Crippen molar-refractivity contribution in [2.75, 3.05) is 12.4 Å². The number of hydrazone groups is 1. The van der Waals surface area contributed by atoms with E-state index < -0.39 is 88.8 Å². The lowest BCUT2D eigenvalue weighted by molar-refractivity contribution is -0.160. The first kappa shape index (κ1) is 40.6. The maximum atomic E-state index is 14.1. The van der Waals surface area contributed by atoms with Crippen LogP contribution in [0.1, 0.15) is 70.0 Å². The van der Waals surface area contributed by atoms with E-state index in [4.69, 9.17) is 24.8 Å². The minimum absolute atomic E-state index is 0.0294. The summed E-state index contributed by atoms with van der Waals surface area (Å²) in [6.07, 6.45) is 4.36. The number of ether oxygens (including phenoxy) is 4. The third-order valence-corrected chi connectivity index (χ3v) is 10.2. The van der Waals surface area contributed by atoms with Crippen molar-refractivity contribution in [3.8, 4) is 23.0 Å². The van der Waals surface area contributed by atoms with Gasteiger partial charge in [-0.15, -0.1) is 0 Å². The van der Waals surface area contributed by atoms with Crippen molar-refractivity contribution >= 4 is 40.3 Å². The average Bonchev–Trinajstić information content (AvgIpc) is 3.38. The molecule has 0 fully saturated rings.